The topological polar surface area (TPSA) is 32.3 Å². The number of hydrogen-bond acceptors (Lipinski definition) is 2. The lowest BCUT2D eigenvalue weighted by Crippen LogP contribution is -2.55. The van der Waals surface area contributed by atoms with Crippen LogP contribution in [0.5, 0.6) is 0 Å². The number of aliphatic hydroxyl groups excluding tert-OH is 1. The van der Waals surface area contributed by atoms with Crippen LogP contribution in [-0.4, -0.2) is 23.3 Å². The third kappa shape index (κ3) is 3.08. The monoisotopic (exact) mass is 233 g/mol. The first kappa shape index (κ1) is 13.3. The first-order chi connectivity index (χ1) is 6.71. The van der Waals surface area contributed by atoms with Gasteiger partial charge in [-0.15, -0.1) is 12.4 Å². The fourth-order valence-electron chi connectivity index (χ4n) is 3.24. The van der Waals surface area contributed by atoms with E-state index >= 15 is 0 Å². The summed E-state index contributed by atoms with van der Waals surface area (Å²) in [5.74, 6) is 0.797. The molecule has 0 radical (unpaired) electrons. The molecule has 1 aliphatic carbocycles. The first-order valence-corrected chi connectivity index (χ1v) is 6.14. The highest BCUT2D eigenvalue weighted by atomic mass is 35.5. The third-order valence-electron chi connectivity index (χ3n) is 4.17. The molecule has 1 heterocycles. The summed E-state index contributed by atoms with van der Waals surface area (Å²) < 4.78 is 0. The maximum atomic E-state index is 9.74. The van der Waals surface area contributed by atoms with Crippen molar-refractivity contribution in [3.63, 3.8) is 0 Å². The molecule has 2 fully saturated rings. The van der Waals surface area contributed by atoms with Crippen molar-refractivity contribution in [1.82, 2.24) is 5.32 Å². The summed E-state index contributed by atoms with van der Waals surface area (Å²) in [5.41, 5.74) is 0.220. The number of aliphatic hydroxyl groups is 1. The second kappa shape index (κ2) is 5.51. The van der Waals surface area contributed by atoms with Crippen molar-refractivity contribution < 1.29 is 5.11 Å². The van der Waals surface area contributed by atoms with Gasteiger partial charge in [0.15, 0.2) is 0 Å². The van der Waals surface area contributed by atoms with Gasteiger partial charge >= 0.3 is 0 Å². The molecule has 2 atom stereocenters. The van der Waals surface area contributed by atoms with E-state index in [-0.39, 0.29) is 24.0 Å². The smallest absolute Gasteiger partial charge is 0.0569 e. The lowest BCUT2D eigenvalue weighted by Gasteiger charge is -2.45. The fraction of sp³-hybridized carbons (Fsp3) is 1.00. The summed E-state index contributed by atoms with van der Waals surface area (Å²) in [5, 5.41) is 13.4. The van der Waals surface area contributed by atoms with Crippen molar-refractivity contribution in [2.75, 3.05) is 6.54 Å². The van der Waals surface area contributed by atoms with E-state index in [1.54, 1.807) is 0 Å². The molecule has 90 valence electrons. The van der Waals surface area contributed by atoms with Crippen LogP contribution in [-0.2, 0) is 0 Å². The third-order valence-corrected chi connectivity index (χ3v) is 4.17. The summed E-state index contributed by atoms with van der Waals surface area (Å²) in [7, 11) is 0. The Morgan fingerprint density at radius 2 is 1.80 bits per heavy atom. The molecule has 0 aromatic carbocycles. The van der Waals surface area contributed by atoms with Gasteiger partial charge in [0, 0.05) is 5.54 Å². The summed E-state index contributed by atoms with van der Waals surface area (Å²) >= 11 is 0. The lowest BCUT2D eigenvalue weighted by molar-refractivity contribution is 0.0452. The van der Waals surface area contributed by atoms with E-state index in [9.17, 15) is 5.11 Å². The zero-order chi connectivity index (χ0) is 10.0. The quantitative estimate of drug-likeness (QED) is 0.730. The SMILES string of the molecule is CC1(C2CCCCC2)CC(O)CCN1.Cl. The Balaban J connectivity index is 0.00000112. The van der Waals surface area contributed by atoms with E-state index in [0.29, 0.717) is 0 Å². The summed E-state index contributed by atoms with van der Waals surface area (Å²) in [4.78, 5) is 0. The van der Waals surface area contributed by atoms with Crippen LogP contribution in [0.3, 0.4) is 0 Å². The molecule has 1 saturated carbocycles. The molecule has 0 bridgehead atoms. The molecule has 2 nitrogen and oxygen atoms in total. The number of rotatable bonds is 1. The molecular formula is C12H24ClNO. The maximum absolute atomic E-state index is 9.74. The Morgan fingerprint density at radius 1 is 1.13 bits per heavy atom. The van der Waals surface area contributed by atoms with Crippen LogP contribution < -0.4 is 5.32 Å². The van der Waals surface area contributed by atoms with E-state index < -0.39 is 0 Å². The Morgan fingerprint density at radius 3 is 2.40 bits per heavy atom. The first-order valence-electron chi connectivity index (χ1n) is 6.14. The van der Waals surface area contributed by atoms with E-state index in [0.717, 1.165) is 25.3 Å². The number of hydrogen-bond donors (Lipinski definition) is 2. The summed E-state index contributed by atoms with van der Waals surface area (Å²) in [6.45, 7) is 3.31. The van der Waals surface area contributed by atoms with Crippen LogP contribution in [0, 0.1) is 5.92 Å². The average molecular weight is 234 g/mol. The van der Waals surface area contributed by atoms with E-state index in [4.69, 9.17) is 0 Å². The largest absolute Gasteiger partial charge is 0.393 e. The van der Waals surface area contributed by atoms with Gasteiger partial charge < -0.3 is 10.4 Å². The predicted octanol–water partition coefficient (Wildman–Crippen LogP) is 2.49. The zero-order valence-electron chi connectivity index (χ0n) is 9.67. The van der Waals surface area contributed by atoms with Crippen LogP contribution in [0.25, 0.3) is 0 Å². The molecule has 3 heteroatoms. The van der Waals surface area contributed by atoms with Gasteiger partial charge in [0.2, 0.25) is 0 Å². The van der Waals surface area contributed by atoms with Crippen LogP contribution >= 0.6 is 12.4 Å². The second-order valence-electron chi connectivity index (χ2n) is 5.33. The molecule has 0 amide bonds. The maximum Gasteiger partial charge on any atom is 0.0569 e. The van der Waals surface area contributed by atoms with Crippen molar-refractivity contribution in [3.8, 4) is 0 Å². The standard InChI is InChI=1S/C12H23NO.ClH/c1-12(9-11(14)7-8-13-12)10-5-3-2-4-6-10;/h10-11,13-14H,2-9H2,1H3;1H. The Kier molecular flexibility index (Phi) is 4.88. The molecule has 0 aromatic heterocycles. The number of halogens is 1. The van der Waals surface area contributed by atoms with Gasteiger partial charge in [0.05, 0.1) is 6.10 Å². The number of piperidine rings is 1. The van der Waals surface area contributed by atoms with Crippen LogP contribution in [0.1, 0.15) is 51.9 Å². The van der Waals surface area contributed by atoms with Gasteiger partial charge in [-0.25, -0.2) is 0 Å². The van der Waals surface area contributed by atoms with Gasteiger partial charge in [-0.3, -0.25) is 0 Å². The molecule has 0 aromatic rings. The molecule has 2 N–H and O–H groups in total. The van der Waals surface area contributed by atoms with Crippen molar-refractivity contribution in [2.45, 2.75) is 63.5 Å². The summed E-state index contributed by atoms with van der Waals surface area (Å²) in [6.07, 6.45) is 8.72. The lowest BCUT2D eigenvalue weighted by atomic mass is 9.71. The highest BCUT2D eigenvalue weighted by molar-refractivity contribution is 5.85. The highest BCUT2D eigenvalue weighted by Crippen LogP contribution is 2.36. The molecule has 15 heavy (non-hydrogen) atoms. The fourth-order valence-corrected chi connectivity index (χ4v) is 3.24. The van der Waals surface area contributed by atoms with Gasteiger partial charge in [0.1, 0.15) is 0 Å². The molecule has 2 aliphatic rings. The Hall–Kier alpha value is 0.210. The average Bonchev–Trinajstić information content (AvgIpc) is 2.19. The van der Waals surface area contributed by atoms with Crippen LogP contribution in [0.4, 0.5) is 0 Å². The second-order valence-corrected chi connectivity index (χ2v) is 5.33. The molecular weight excluding hydrogens is 210 g/mol. The summed E-state index contributed by atoms with van der Waals surface area (Å²) in [6, 6.07) is 0. The highest BCUT2D eigenvalue weighted by Gasteiger charge is 2.38. The van der Waals surface area contributed by atoms with Gasteiger partial charge in [-0.2, -0.15) is 0 Å². The van der Waals surface area contributed by atoms with Crippen molar-refractivity contribution in [1.29, 1.82) is 0 Å². The Labute approximate surface area is 99.2 Å². The molecule has 0 spiro atoms. The van der Waals surface area contributed by atoms with E-state index in [2.05, 4.69) is 12.2 Å². The minimum Gasteiger partial charge on any atom is -0.393 e. The Bertz CT molecular complexity index is 194. The van der Waals surface area contributed by atoms with Gasteiger partial charge in [-0.1, -0.05) is 19.3 Å². The minimum absolute atomic E-state index is 0. The van der Waals surface area contributed by atoms with E-state index in [1.165, 1.54) is 32.1 Å². The van der Waals surface area contributed by atoms with Crippen LogP contribution in [0.2, 0.25) is 0 Å². The normalized spacial score (nSPS) is 38.4. The van der Waals surface area contributed by atoms with Gasteiger partial charge in [-0.05, 0) is 45.1 Å². The van der Waals surface area contributed by atoms with E-state index in [1.807, 2.05) is 0 Å². The minimum atomic E-state index is -0.0665. The predicted molar refractivity (Wildman–Crippen MR) is 65.5 cm³/mol. The zero-order valence-corrected chi connectivity index (χ0v) is 10.5. The van der Waals surface area contributed by atoms with Gasteiger partial charge in [0.25, 0.3) is 0 Å². The molecule has 1 aliphatic heterocycles. The van der Waals surface area contributed by atoms with Crippen molar-refractivity contribution in [3.05, 3.63) is 0 Å². The van der Waals surface area contributed by atoms with Crippen molar-refractivity contribution >= 4 is 12.4 Å². The van der Waals surface area contributed by atoms with Crippen molar-refractivity contribution in [2.24, 2.45) is 5.92 Å². The molecule has 2 rings (SSSR count). The van der Waals surface area contributed by atoms with Crippen LogP contribution in [0.15, 0.2) is 0 Å². The number of nitrogens with one attached hydrogen (secondary N) is 1. The molecule has 1 saturated heterocycles. The molecule has 2 unspecified atom stereocenters.